The van der Waals surface area contributed by atoms with Crippen LogP contribution in [0.5, 0.6) is 0 Å². The van der Waals surface area contributed by atoms with Gasteiger partial charge in [-0.2, -0.15) is 0 Å². The lowest BCUT2D eigenvalue weighted by Gasteiger charge is -2.34. The van der Waals surface area contributed by atoms with E-state index >= 15 is 0 Å². The van der Waals surface area contributed by atoms with Crippen LogP contribution in [0.15, 0.2) is 223 Å². The van der Waals surface area contributed by atoms with Crippen LogP contribution >= 0.6 is 0 Å². The molecule has 9 aromatic carbocycles. The summed E-state index contributed by atoms with van der Waals surface area (Å²) < 4.78 is 6.46. The third kappa shape index (κ3) is 4.59. The zero-order valence-electron chi connectivity index (χ0n) is 35.1. The van der Waals surface area contributed by atoms with Gasteiger partial charge in [-0.25, -0.2) is 0 Å². The van der Waals surface area contributed by atoms with Crippen molar-refractivity contribution >= 4 is 34.1 Å². The maximum Gasteiger partial charge on any atom is 0.135 e. The molecule has 0 unspecified atom stereocenters. The normalized spacial score (nSPS) is 14.9. The second-order valence-corrected chi connectivity index (χ2v) is 17.8. The topological polar surface area (TPSA) is 16.4 Å². The number of nitrogens with zero attached hydrogens (tertiary/aromatic N) is 1. The van der Waals surface area contributed by atoms with Crippen LogP contribution in [0.25, 0.3) is 50.4 Å². The van der Waals surface area contributed by atoms with Crippen molar-refractivity contribution in [2.75, 3.05) is 4.90 Å². The van der Waals surface area contributed by atoms with Gasteiger partial charge in [0.05, 0.1) is 10.8 Å². The van der Waals surface area contributed by atoms with E-state index in [0.717, 1.165) is 41.2 Å². The van der Waals surface area contributed by atoms with Crippen LogP contribution in [0.4, 0.5) is 17.1 Å². The molecule has 0 fully saturated rings. The van der Waals surface area contributed by atoms with E-state index in [1.165, 1.54) is 88.8 Å². The van der Waals surface area contributed by atoms with Crippen LogP contribution in [-0.2, 0) is 17.3 Å². The quantitative estimate of drug-likeness (QED) is 0.172. The molecule has 10 aromatic rings. The van der Waals surface area contributed by atoms with Gasteiger partial charge in [0.1, 0.15) is 11.3 Å². The molecule has 300 valence electrons. The summed E-state index contributed by atoms with van der Waals surface area (Å²) in [6, 6.07) is 79.7. The molecule has 1 heterocycles. The fourth-order valence-electron chi connectivity index (χ4n) is 12.4. The molecule has 0 atom stereocenters. The molecule has 1 aromatic heterocycles. The molecular weight excluding hydrogens is 775 g/mol. The highest BCUT2D eigenvalue weighted by Gasteiger charge is 2.52. The van der Waals surface area contributed by atoms with Crippen molar-refractivity contribution in [1.82, 2.24) is 0 Å². The van der Waals surface area contributed by atoms with Crippen molar-refractivity contribution in [3.63, 3.8) is 0 Å². The summed E-state index contributed by atoms with van der Waals surface area (Å²) in [4.78, 5) is 2.50. The Kier molecular flexibility index (Phi) is 7.40. The summed E-state index contributed by atoms with van der Waals surface area (Å²) in [6.45, 7) is 0. The Labute approximate surface area is 373 Å². The Morgan fingerprint density at radius 1 is 0.375 bits per heavy atom. The standard InChI is InChI=1S/C62H41NO/c1-3-17-40(18-4-1)61(41-19-5-2-6-20-41)53-26-12-10-24-48(53)51-37-42(32-35-57(51)61)63(43-33-36-60-52(38-43)50-25-11-16-30-59(50)64-60)44-31-34-49-47-23-9-15-29-56(47)62(58(49)39-44)54-27-13-7-21-45(54)46-22-8-14-28-55(46)62/h1-10,12-24,26-39H,11,25H2. The van der Waals surface area contributed by atoms with Gasteiger partial charge >= 0.3 is 0 Å². The number of hydrogen-bond acceptors (Lipinski definition) is 2. The van der Waals surface area contributed by atoms with Crippen molar-refractivity contribution in [1.29, 1.82) is 0 Å². The molecule has 2 heteroatoms. The minimum Gasteiger partial charge on any atom is -0.456 e. The zero-order valence-corrected chi connectivity index (χ0v) is 35.1. The Hall–Kier alpha value is -7.94. The van der Waals surface area contributed by atoms with Gasteiger partial charge in [-0.15, -0.1) is 0 Å². The number of allylic oxidation sites excluding steroid dienone is 1. The van der Waals surface area contributed by atoms with Crippen molar-refractivity contribution in [2.24, 2.45) is 0 Å². The smallest absolute Gasteiger partial charge is 0.135 e. The Morgan fingerprint density at radius 3 is 1.47 bits per heavy atom. The van der Waals surface area contributed by atoms with Gasteiger partial charge < -0.3 is 9.32 Å². The predicted octanol–water partition coefficient (Wildman–Crippen LogP) is 15.6. The van der Waals surface area contributed by atoms with Crippen LogP contribution in [0.3, 0.4) is 0 Å². The maximum atomic E-state index is 6.46. The molecule has 1 spiro atoms. The molecule has 64 heavy (non-hydrogen) atoms. The van der Waals surface area contributed by atoms with Crippen molar-refractivity contribution in [3.8, 4) is 33.4 Å². The summed E-state index contributed by atoms with van der Waals surface area (Å²) in [5.41, 5.74) is 22.8. The lowest BCUT2D eigenvalue weighted by Crippen LogP contribution is -2.28. The lowest BCUT2D eigenvalue weighted by molar-refractivity contribution is 0.595. The van der Waals surface area contributed by atoms with E-state index in [-0.39, 0.29) is 0 Å². The fraction of sp³-hybridized carbons (Fsp3) is 0.0645. The minimum absolute atomic E-state index is 0.456. The first-order chi connectivity index (χ1) is 31.7. The fourth-order valence-corrected chi connectivity index (χ4v) is 12.4. The van der Waals surface area contributed by atoms with E-state index in [0.29, 0.717) is 0 Å². The van der Waals surface area contributed by atoms with E-state index in [4.69, 9.17) is 4.42 Å². The Balaban J connectivity index is 1.04. The van der Waals surface area contributed by atoms with E-state index in [2.05, 4.69) is 229 Å². The van der Waals surface area contributed by atoms with Crippen molar-refractivity contribution in [2.45, 2.75) is 23.7 Å². The molecule has 0 radical (unpaired) electrons. The number of furan rings is 1. The average molecular weight is 816 g/mol. The number of aryl methyl sites for hydroxylation is 1. The van der Waals surface area contributed by atoms with Crippen LogP contribution in [0.1, 0.15) is 62.3 Å². The maximum absolute atomic E-state index is 6.46. The summed E-state index contributed by atoms with van der Waals surface area (Å²) in [6.07, 6.45) is 6.36. The molecule has 4 aliphatic rings. The van der Waals surface area contributed by atoms with E-state index < -0.39 is 10.8 Å². The van der Waals surface area contributed by atoms with Gasteiger partial charge in [0.15, 0.2) is 0 Å². The molecule has 0 saturated heterocycles. The third-order valence-corrected chi connectivity index (χ3v) is 14.8. The molecule has 0 saturated carbocycles. The van der Waals surface area contributed by atoms with Crippen LogP contribution in [0.2, 0.25) is 0 Å². The molecule has 14 rings (SSSR count). The van der Waals surface area contributed by atoms with Gasteiger partial charge in [-0.1, -0.05) is 176 Å². The minimum atomic E-state index is -0.477. The highest BCUT2D eigenvalue weighted by Crippen LogP contribution is 2.64. The van der Waals surface area contributed by atoms with Gasteiger partial charge in [0.2, 0.25) is 0 Å². The van der Waals surface area contributed by atoms with E-state index in [9.17, 15) is 0 Å². The van der Waals surface area contributed by atoms with Gasteiger partial charge in [0.25, 0.3) is 0 Å². The van der Waals surface area contributed by atoms with Crippen LogP contribution in [-0.4, -0.2) is 0 Å². The van der Waals surface area contributed by atoms with Crippen molar-refractivity contribution < 1.29 is 4.42 Å². The molecule has 2 nitrogen and oxygen atoms in total. The van der Waals surface area contributed by atoms with E-state index in [1.54, 1.807) is 0 Å². The summed E-state index contributed by atoms with van der Waals surface area (Å²) in [5.74, 6) is 0.980. The molecule has 0 bridgehead atoms. The first-order valence-electron chi connectivity index (χ1n) is 22.6. The number of hydrogen-bond donors (Lipinski definition) is 0. The lowest BCUT2D eigenvalue weighted by atomic mass is 9.68. The molecule has 0 amide bonds. The molecule has 0 N–H and O–H groups in total. The number of rotatable bonds is 5. The predicted molar refractivity (Wildman–Crippen MR) is 262 cm³/mol. The monoisotopic (exact) mass is 815 g/mol. The van der Waals surface area contributed by atoms with Gasteiger partial charge in [-0.05, 0) is 139 Å². The van der Waals surface area contributed by atoms with Crippen LogP contribution in [0, 0.1) is 0 Å². The average Bonchev–Trinajstić information content (AvgIpc) is 4.07. The molecule has 4 aliphatic carbocycles. The number of fused-ring (bicyclic) bond motifs is 16. The summed E-state index contributed by atoms with van der Waals surface area (Å²) in [7, 11) is 0. The zero-order chi connectivity index (χ0) is 42.0. The third-order valence-electron chi connectivity index (χ3n) is 14.8. The second kappa shape index (κ2) is 13.3. The SMILES string of the molecule is C1=Cc2oc3ccc(N(c4ccc5c(c4)-c4ccccc4C5(c4ccccc4)c4ccccc4)c4ccc5c(c4)C4(c6ccccc6-c6ccccc64)c4ccccc4-5)cc3c2CC1. The van der Waals surface area contributed by atoms with Crippen LogP contribution < -0.4 is 4.90 Å². The summed E-state index contributed by atoms with van der Waals surface area (Å²) in [5, 5.41) is 1.18. The van der Waals surface area contributed by atoms with Crippen molar-refractivity contribution in [3.05, 3.63) is 274 Å². The number of benzene rings is 9. The number of anilines is 3. The Morgan fingerprint density at radius 2 is 0.844 bits per heavy atom. The van der Waals surface area contributed by atoms with Gasteiger partial charge in [-0.3, -0.25) is 0 Å². The van der Waals surface area contributed by atoms with Gasteiger partial charge in [0, 0.05) is 28.0 Å². The Bertz CT molecular complexity index is 3470. The first kappa shape index (κ1) is 35.6. The highest BCUT2D eigenvalue weighted by atomic mass is 16.3. The summed E-state index contributed by atoms with van der Waals surface area (Å²) >= 11 is 0. The highest BCUT2D eigenvalue weighted by molar-refractivity contribution is 5.98. The second-order valence-electron chi connectivity index (χ2n) is 17.8. The molecule has 0 aliphatic heterocycles. The largest absolute Gasteiger partial charge is 0.456 e. The first-order valence-corrected chi connectivity index (χ1v) is 22.6. The molecular formula is C62H41NO. The van der Waals surface area contributed by atoms with E-state index in [1.807, 2.05) is 0 Å².